The summed E-state index contributed by atoms with van der Waals surface area (Å²) < 4.78 is 64.2. The number of pyridine rings is 1. The monoisotopic (exact) mass is 789 g/mol. The normalized spacial score (nSPS) is 19.8. The summed E-state index contributed by atoms with van der Waals surface area (Å²) in [4.78, 5) is 35.7. The molecule has 4 aromatic rings. The Morgan fingerprint density at radius 3 is 2.42 bits per heavy atom. The summed E-state index contributed by atoms with van der Waals surface area (Å²) >= 11 is 14.0. The van der Waals surface area contributed by atoms with Gasteiger partial charge in [-0.25, -0.2) is 14.0 Å². The van der Waals surface area contributed by atoms with Gasteiger partial charge in [0, 0.05) is 30.2 Å². The Morgan fingerprint density at radius 2 is 1.74 bits per heavy atom. The molecule has 2 aromatic carbocycles. The Hall–Kier alpha value is -4.04. The van der Waals surface area contributed by atoms with Crippen LogP contribution in [0.3, 0.4) is 0 Å². The molecule has 3 saturated heterocycles. The summed E-state index contributed by atoms with van der Waals surface area (Å²) in [5, 5.41) is 0.497. The van der Waals surface area contributed by atoms with Crippen LogP contribution >= 0.6 is 34.5 Å². The van der Waals surface area contributed by atoms with E-state index in [0.717, 1.165) is 50.1 Å². The number of halogens is 5. The molecule has 8 rings (SSSR count). The number of hydrogen-bond donors (Lipinski definition) is 0. The third-order valence-electron chi connectivity index (χ3n) is 9.71. The molecule has 0 spiro atoms. The molecule has 0 radical (unpaired) electrons. The zero-order valence-corrected chi connectivity index (χ0v) is 30.7. The summed E-state index contributed by atoms with van der Waals surface area (Å²) in [6.45, 7) is -0.217. The number of benzene rings is 2. The number of piperidine rings is 3. The first-order valence-electron chi connectivity index (χ1n) is 17.4. The van der Waals surface area contributed by atoms with Gasteiger partial charge in [0.2, 0.25) is 0 Å². The van der Waals surface area contributed by atoms with Crippen molar-refractivity contribution in [1.29, 1.82) is 0 Å². The smallest absolute Gasteiger partial charge is 0.415 e. The number of esters is 1. The lowest BCUT2D eigenvalue weighted by molar-refractivity contribution is -0.0515. The van der Waals surface area contributed by atoms with Crippen molar-refractivity contribution in [2.45, 2.75) is 57.5 Å². The fraction of sp³-hybridized carbons (Fsp3) is 0.395. The molecule has 3 aliphatic heterocycles. The van der Waals surface area contributed by atoms with Crippen LogP contribution in [0.5, 0.6) is 11.5 Å². The van der Waals surface area contributed by atoms with Gasteiger partial charge in [-0.05, 0) is 98.1 Å². The van der Waals surface area contributed by atoms with Crippen molar-refractivity contribution >= 4 is 52.3 Å². The fourth-order valence-corrected chi connectivity index (χ4v) is 8.04. The highest BCUT2D eigenvalue weighted by Crippen LogP contribution is 2.39. The van der Waals surface area contributed by atoms with Gasteiger partial charge < -0.3 is 18.9 Å². The first-order valence-corrected chi connectivity index (χ1v) is 18.9. The zero-order valence-electron chi connectivity index (χ0n) is 28.4. The second-order valence-electron chi connectivity index (χ2n) is 13.4. The van der Waals surface area contributed by atoms with Crippen LogP contribution in [0.4, 0.5) is 23.7 Å². The number of hydrogen-bond acceptors (Lipinski definition) is 9. The minimum absolute atomic E-state index is 0.0216. The van der Waals surface area contributed by atoms with Crippen LogP contribution in [-0.4, -0.2) is 60.9 Å². The van der Waals surface area contributed by atoms with Gasteiger partial charge in [-0.15, -0.1) is 11.3 Å². The Labute approximate surface area is 318 Å². The first kappa shape index (κ1) is 37.3. The average molecular weight is 791 g/mol. The van der Waals surface area contributed by atoms with Crippen molar-refractivity contribution in [3.8, 4) is 11.5 Å². The lowest BCUT2D eigenvalue weighted by Crippen LogP contribution is -2.53. The maximum Gasteiger partial charge on any atom is 0.415 e. The van der Waals surface area contributed by atoms with Crippen molar-refractivity contribution in [2.24, 2.45) is 11.8 Å². The number of carbonyl (C=O) groups excluding carboxylic acids is 2. The zero-order chi connectivity index (χ0) is 37.1. The predicted molar refractivity (Wildman–Crippen MR) is 194 cm³/mol. The van der Waals surface area contributed by atoms with Crippen molar-refractivity contribution in [2.75, 3.05) is 31.1 Å². The fourth-order valence-electron chi connectivity index (χ4n) is 6.64. The number of rotatable bonds is 14. The molecule has 5 heterocycles. The Bertz CT molecular complexity index is 1920. The average Bonchev–Trinajstić information content (AvgIpc) is 3.86. The summed E-state index contributed by atoms with van der Waals surface area (Å²) in [6.07, 6.45) is 4.74. The molecule has 2 bridgehead atoms. The van der Waals surface area contributed by atoms with Gasteiger partial charge >= 0.3 is 18.7 Å². The Morgan fingerprint density at radius 1 is 0.981 bits per heavy atom. The second kappa shape index (κ2) is 16.5. The summed E-state index contributed by atoms with van der Waals surface area (Å²) in [5.74, 6) is -0.772. The predicted octanol–water partition coefficient (Wildman–Crippen LogP) is 9.36. The van der Waals surface area contributed by atoms with Crippen LogP contribution in [0.1, 0.15) is 57.5 Å². The van der Waals surface area contributed by atoms with Gasteiger partial charge in [0.05, 0.1) is 28.9 Å². The van der Waals surface area contributed by atoms with E-state index in [1.807, 2.05) is 0 Å². The van der Waals surface area contributed by atoms with Crippen LogP contribution in [0, 0.1) is 17.7 Å². The van der Waals surface area contributed by atoms with E-state index in [4.69, 9.17) is 42.1 Å². The van der Waals surface area contributed by atoms with E-state index >= 15 is 4.39 Å². The number of alkyl halides is 2. The van der Waals surface area contributed by atoms with E-state index in [2.05, 4.69) is 9.88 Å². The van der Waals surface area contributed by atoms with Crippen LogP contribution in [-0.2, 0) is 22.4 Å². The number of anilines is 1. The van der Waals surface area contributed by atoms with Gasteiger partial charge in [0.25, 0.3) is 0 Å². The summed E-state index contributed by atoms with van der Waals surface area (Å²) in [5.41, 5.74) is 0.942. The highest BCUT2D eigenvalue weighted by molar-refractivity contribution is 7.14. The van der Waals surface area contributed by atoms with E-state index in [0.29, 0.717) is 35.1 Å². The van der Waals surface area contributed by atoms with E-state index < -0.39 is 30.6 Å². The number of carbonyl (C=O) groups is 2. The van der Waals surface area contributed by atoms with Gasteiger partial charge in [-0.3, -0.25) is 14.8 Å². The van der Waals surface area contributed by atoms with Crippen LogP contribution < -0.4 is 14.4 Å². The molecule has 15 heteroatoms. The third kappa shape index (κ3) is 9.20. The lowest BCUT2D eigenvalue weighted by atomic mass is 9.86. The molecule has 4 fully saturated rings. The second-order valence-corrected chi connectivity index (χ2v) is 15.4. The van der Waals surface area contributed by atoms with Crippen molar-refractivity contribution in [3.63, 3.8) is 0 Å². The molecule has 0 unspecified atom stereocenters. The molecule has 1 amide bonds. The number of para-hydroxylation sites is 1. The minimum Gasteiger partial charge on any atom is -0.489 e. The van der Waals surface area contributed by atoms with Crippen LogP contribution in [0.2, 0.25) is 10.0 Å². The maximum absolute atomic E-state index is 15.1. The van der Waals surface area contributed by atoms with E-state index in [1.165, 1.54) is 47.6 Å². The highest BCUT2D eigenvalue weighted by Gasteiger charge is 2.38. The number of fused-ring (bicyclic) bond motifs is 3. The number of nitrogens with zero attached hydrogens (tertiary/aromatic N) is 3. The van der Waals surface area contributed by atoms with Crippen molar-refractivity contribution in [1.82, 2.24) is 9.88 Å². The molecular formula is C38H36Cl2F3N3O6S. The molecular weight excluding hydrogens is 754 g/mol. The van der Waals surface area contributed by atoms with Gasteiger partial charge in [-0.1, -0.05) is 41.4 Å². The number of thiophene rings is 1. The van der Waals surface area contributed by atoms with Gasteiger partial charge in [0.15, 0.2) is 11.5 Å². The number of aromatic nitrogens is 1. The van der Waals surface area contributed by atoms with Gasteiger partial charge in [-0.2, -0.15) is 8.78 Å². The largest absolute Gasteiger partial charge is 0.489 e. The van der Waals surface area contributed by atoms with Crippen LogP contribution in [0.15, 0.2) is 67.0 Å². The topological polar surface area (TPSA) is 90.4 Å². The quantitative estimate of drug-likeness (QED) is 0.117. The molecule has 2 atom stereocenters. The maximum atomic E-state index is 15.1. The molecule has 280 valence electrons. The highest BCUT2D eigenvalue weighted by atomic mass is 35.5. The third-order valence-corrected chi connectivity index (χ3v) is 11.4. The Balaban J connectivity index is 1.13. The van der Waals surface area contributed by atoms with E-state index in [9.17, 15) is 18.4 Å². The standard InChI is InChI=1S/C38H36Cl2F3N3O6S/c39-27-17-44-18-28(40)26(27)16-32(24-7-9-31(51-37(42)43)33(15-24)49-21-22-5-6-22)50-36(47)35-10-8-25(53-35)19-46(30-4-2-1-3-29(30)41)38(48)52-34-20-45-13-11-23(34)12-14-45/h1-4,7-10,15,17-18,22-23,32,34,37H,5-6,11-14,16,19-21H2/t32-,34-/m0/s1. The summed E-state index contributed by atoms with van der Waals surface area (Å²) in [7, 11) is 0. The first-order chi connectivity index (χ1) is 25.6. The molecule has 53 heavy (non-hydrogen) atoms. The van der Waals surface area contributed by atoms with Crippen molar-refractivity contribution in [3.05, 3.63) is 104 Å². The SMILES string of the molecule is O=C(O[C@@H](Cc1c(Cl)cncc1Cl)c1ccc(OC(F)F)c(OCC2CC2)c1)c1ccc(CN(C(=O)O[C@H]2CN3CCC2CC3)c2ccccc2F)s1. The number of ether oxygens (including phenoxy) is 4. The summed E-state index contributed by atoms with van der Waals surface area (Å²) in [6, 6.07) is 13.6. The van der Waals surface area contributed by atoms with E-state index in [1.54, 1.807) is 24.3 Å². The van der Waals surface area contributed by atoms with Gasteiger partial charge in [0.1, 0.15) is 22.9 Å². The van der Waals surface area contributed by atoms with Crippen LogP contribution in [0.25, 0.3) is 0 Å². The van der Waals surface area contributed by atoms with Crippen molar-refractivity contribution < 1.29 is 41.7 Å². The minimum atomic E-state index is -3.07. The molecule has 1 aliphatic carbocycles. The number of amides is 1. The van der Waals surface area contributed by atoms with E-state index in [-0.39, 0.29) is 57.1 Å². The molecule has 1 saturated carbocycles. The Kier molecular flexibility index (Phi) is 11.6. The molecule has 9 nitrogen and oxygen atoms in total. The molecule has 0 N–H and O–H groups in total. The lowest BCUT2D eigenvalue weighted by Gasteiger charge is -2.44. The molecule has 2 aromatic heterocycles. The molecule has 4 aliphatic rings.